The highest BCUT2D eigenvalue weighted by molar-refractivity contribution is 8.03. The van der Waals surface area contributed by atoms with Crippen LogP contribution in [-0.4, -0.2) is 25.1 Å². The number of carbonyl (C=O) groups is 2. The van der Waals surface area contributed by atoms with Crippen LogP contribution in [0.4, 0.5) is 5.69 Å². The number of para-hydroxylation sites is 1. The number of rotatable bonds is 8. The largest absolute Gasteiger partial charge is 0.482 e. The number of nitrogens with one attached hydrogen (secondary N) is 1. The summed E-state index contributed by atoms with van der Waals surface area (Å²) in [4.78, 5) is 24.7. The van der Waals surface area contributed by atoms with E-state index in [9.17, 15) is 9.59 Å². The maximum Gasteiger partial charge on any atom is 0.344 e. The lowest BCUT2D eigenvalue weighted by Crippen LogP contribution is -2.24. The Hall–Kier alpha value is -2.98. The second-order valence-electron chi connectivity index (χ2n) is 6.36. The van der Waals surface area contributed by atoms with Gasteiger partial charge in [-0.05, 0) is 60.0 Å². The van der Waals surface area contributed by atoms with Crippen molar-refractivity contribution in [2.24, 2.45) is 0 Å². The molecule has 0 atom stereocenters. The molecule has 146 valence electrons. The highest BCUT2D eigenvalue weighted by Crippen LogP contribution is 2.26. The minimum atomic E-state index is -0.619. The summed E-state index contributed by atoms with van der Waals surface area (Å²) in [7, 11) is 0. The van der Waals surface area contributed by atoms with Crippen molar-refractivity contribution in [1.82, 2.24) is 0 Å². The summed E-state index contributed by atoms with van der Waals surface area (Å²) in [6, 6.07) is 12.7. The molecule has 0 saturated heterocycles. The Morgan fingerprint density at radius 1 is 1.18 bits per heavy atom. The van der Waals surface area contributed by atoms with Crippen LogP contribution in [0.1, 0.15) is 30.9 Å². The van der Waals surface area contributed by atoms with E-state index in [0.717, 1.165) is 27.8 Å². The molecule has 0 saturated carbocycles. The third-order valence-corrected chi connectivity index (χ3v) is 4.47. The molecule has 1 amide bonds. The van der Waals surface area contributed by atoms with Crippen LogP contribution in [0, 0.1) is 17.6 Å². The van der Waals surface area contributed by atoms with Crippen LogP contribution in [0.2, 0.25) is 0 Å². The fraction of sp³-hybridized carbons (Fsp3) is 0.286. The number of esters is 1. The van der Waals surface area contributed by atoms with Gasteiger partial charge in [0, 0.05) is 10.6 Å². The maximum atomic E-state index is 12.0. The van der Waals surface area contributed by atoms with Gasteiger partial charge in [-0.15, -0.1) is 0 Å². The van der Waals surface area contributed by atoms with E-state index in [0.29, 0.717) is 11.4 Å². The van der Waals surface area contributed by atoms with Crippen molar-refractivity contribution < 1.29 is 19.1 Å². The van der Waals surface area contributed by atoms with E-state index in [4.69, 9.17) is 14.7 Å². The molecule has 0 heterocycles. The van der Waals surface area contributed by atoms with Crippen molar-refractivity contribution in [3.63, 3.8) is 0 Å². The summed E-state index contributed by atoms with van der Waals surface area (Å²) in [6.45, 7) is 5.23. The Bertz CT molecular complexity index is 890. The first-order chi connectivity index (χ1) is 13.4. The highest BCUT2D eigenvalue weighted by atomic mass is 32.2. The SMILES string of the molecule is Cc1cc(SC#N)ccc1NC(=O)COC(=O)COc1ccccc1C(C)C. The zero-order valence-corrected chi connectivity index (χ0v) is 16.8. The summed E-state index contributed by atoms with van der Waals surface area (Å²) >= 11 is 1.05. The number of nitrogens with zero attached hydrogens (tertiary/aromatic N) is 1. The van der Waals surface area contributed by atoms with Gasteiger partial charge in [0.05, 0.1) is 0 Å². The smallest absolute Gasteiger partial charge is 0.344 e. The van der Waals surface area contributed by atoms with Crippen LogP contribution in [0.5, 0.6) is 5.75 Å². The van der Waals surface area contributed by atoms with Crippen molar-refractivity contribution in [3.05, 3.63) is 53.6 Å². The van der Waals surface area contributed by atoms with Gasteiger partial charge in [-0.1, -0.05) is 32.0 Å². The van der Waals surface area contributed by atoms with Gasteiger partial charge < -0.3 is 14.8 Å². The van der Waals surface area contributed by atoms with Crippen molar-refractivity contribution in [1.29, 1.82) is 5.26 Å². The predicted molar refractivity (Wildman–Crippen MR) is 108 cm³/mol. The van der Waals surface area contributed by atoms with Gasteiger partial charge >= 0.3 is 5.97 Å². The van der Waals surface area contributed by atoms with Crippen LogP contribution in [0.15, 0.2) is 47.4 Å². The molecular weight excluding hydrogens is 376 g/mol. The molecule has 0 aromatic heterocycles. The molecular formula is C21H22N2O4S. The number of amides is 1. The molecule has 0 bridgehead atoms. The van der Waals surface area contributed by atoms with Gasteiger partial charge in [-0.25, -0.2) is 4.79 Å². The summed E-state index contributed by atoms with van der Waals surface area (Å²) in [6.07, 6.45) is 0. The Labute approximate surface area is 168 Å². The number of benzene rings is 2. The first-order valence-electron chi connectivity index (χ1n) is 8.74. The zero-order valence-electron chi connectivity index (χ0n) is 16.0. The molecule has 2 aromatic carbocycles. The molecule has 0 spiro atoms. The molecule has 0 aliphatic carbocycles. The Kier molecular flexibility index (Phi) is 7.90. The Morgan fingerprint density at radius 3 is 2.61 bits per heavy atom. The van der Waals surface area contributed by atoms with Crippen LogP contribution in [0.25, 0.3) is 0 Å². The predicted octanol–water partition coefficient (Wildman–Crippen LogP) is 4.25. The van der Waals surface area contributed by atoms with Gasteiger partial charge in [0.2, 0.25) is 0 Å². The van der Waals surface area contributed by atoms with E-state index in [2.05, 4.69) is 5.32 Å². The zero-order chi connectivity index (χ0) is 20.5. The monoisotopic (exact) mass is 398 g/mol. The van der Waals surface area contributed by atoms with Crippen LogP contribution >= 0.6 is 11.8 Å². The van der Waals surface area contributed by atoms with Gasteiger partial charge in [0.15, 0.2) is 13.2 Å². The van der Waals surface area contributed by atoms with Crippen LogP contribution < -0.4 is 10.1 Å². The molecule has 0 aliphatic rings. The van der Waals surface area contributed by atoms with E-state index >= 15 is 0 Å². The third-order valence-electron chi connectivity index (χ3n) is 3.89. The third kappa shape index (κ3) is 6.32. The molecule has 0 radical (unpaired) electrons. The lowest BCUT2D eigenvalue weighted by atomic mass is 10.0. The molecule has 1 N–H and O–H groups in total. The second kappa shape index (κ2) is 10.4. The molecule has 7 heteroatoms. The van der Waals surface area contributed by atoms with Crippen molar-refractivity contribution in [3.8, 4) is 11.2 Å². The lowest BCUT2D eigenvalue weighted by Gasteiger charge is -2.13. The van der Waals surface area contributed by atoms with E-state index in [1.807, 2.05) is 44.4 Å². The first kappa shape index (κ1) is 21.3. The maximum absolute atomic E-state index is 12.0. The summed E-state index contributed by atoms with van der Waals surface area (Å²) in [5, 5.41) is 13.4. The minimum absolute atomic E-state index is 0.263. The molecule has 2 rings (SSSR count). The van der Waals surface area contributed by atoms with Crippen LogP contribution in [-0.2, 0) is 14.3 Å². The van der Waals surface area contributed by atoms with Crippen molar-refractivity contribution in [2.45, 2.75) is 31.6 Å². The molecule has 28 heavy (non-hydrogen) atoms. The highest BCUT2D eigenvalue weighted by Gasteiger charge is 2.12. The summed E-state index contributed by atoms with van der Waals surface area (Å²) in [5.74, 6) is -0.171. The van der Waals surface area contributed by atoms with Gasteiger partial charge in [0.25, 0.3) is 5.91 Å². The van der Waals surface area contributed by atoms with Gasteiger partial charge in [0.1, 0.15) is 11.2 Å². The molecule has 2 aromatic rings. The molecule has 6 nitrogen and oxygen atoms in total. The normalized spacial score (nSPS) is 10.2. The number of hydrogen-bond acceptors (Lipinski definition) is 6. The fourth-order valence-electron chi connectivity index (χ4n) is 2.49. The van der Waals surface area contributed by atoms with E-state index < -0.39 is 18.5 Å². The Balaban J connectivity index is 1.81. The average molecular weight is 398 g/mol. The standard InChI is InChI=1S/C21H22N2O4S/c1-14(2)17-6-4-5-7-19(17)26-12-21(25)27-11-20(24)23-18-9-8-16(28-13-22)10-15(18)3/h4-10,14H,11-12H2,1-3H3,(H,23,24). The van der Waals surface area contributed by atoms with Crippen molar-refractivity contribution >= 4 is 29.3 Å². The molecule has 0 fully saturated rings. The number of hydrogen-bond donors (Lipinski definition) is 1. The van der Waals surface area contributed by atoms with Crippen LogP contribution in [0.3, 0.4) is 0 Å². The lowest BCUT2D eigenvalue weighted by molar-refractivity contribution is -0.149. The second-order valence-corrected chi connectivity index (χ2v) is 7.22. The molecule has 0 aliphatic heterocycles. The number of anilines is 1. The average Bonchev–Trinajstić information content (AvgIpc) is 2.67. The van der Waals surface area contributed by atoms with E-state index in [1.54, 1.807) is 24.3 Å². The van der Waals surface area contributed by atoms with Gasteiger partial charge in [-0.2, -0.15) is 5.26 Å². The quantitative estimate of drug-likeness (QED) is 0.406. The number of nitriles is 1. The number of thioether (sulfide) groups is 1. The number of thiocyanates is 1. The topological polar surface area (TPSA) is 88.4 Å². The van der Waals surface area contributed by atoms with Gasteiger partial charge in [-0.3, -0.25) is 4.79 Å². The summed E-state index contributed by atoms with van der Waals surface area (Å²) < 4.78 is 10.5. The number of aryl methyl sites for hydroxylation is 1. The minimum Gasteiger partial charge on any atom is -0.482 e. The van der Waals surface area contributed by atoms with E-state index in [-0.39, 0.29) is 12.5 Å². The van der Waals surface area contributed by atoms with E-state index in [1.165, 1.54) is 0 Å². The first-order valence-corrected chi connectivity index (χ1v) is 9.56. The molecule has 0 unspecified atom stereocenters. The fourth-order valence-corrected chi connectivity index (χ4v) is 2.97. The van der Waals surface area contributed by atoms with Crippen molar-refractivity contribution in [2.75, 3.05) is 18.5 Å². The Morgan fingerprint density at radius 2 is 1.93 bits per heavy atom. The summed E-state index contributed by atoms with van der Waals surface area (Å²) in [5.41, 5.74) is 2.42. The number of carbonyl (C=O) groups excluding carboxylic acids is 2. The number of ether oxygens (including phenoxy) is 2.